The van der Waals surface area contributed by atoms with Crippen molar-refractivity contribution < 1.29 is 18.0 Å². The number of carbonyl (C=O) groups excluding carboxylic acids is 1. The van der Waals surface area contributed by atoms with Gasteiger partial charge in [0, 0.05) is 31.9 Å². The highest BCUT2D eigenvalue weighted by atomic mass is 35.5. The summed E-state index contributed by atoms with van der Waals surface area (Å²) in [6.07, 6.45) is 1.12. The second-order valence-corrected chi connectivity index (χ2v) is 6.52. The van der Waals surface area contributed by atoms with Crippen molar-refractivity contribution in [1.29, 1.82) is 5.41 Å². The molecule has 0 saturated carbocycles. The minimum absolute atomic E-state index is 0.0628. The molecule has 1 aromatic heterocycles. The lowest BCUT2D eigenvalue weighted by Gasteiger charge is -2.16. The quantitative estimate of drug-likeness (QED) is 0.482. The van der Waals surface area contributed by atoms with Crippen LogP contribution < -0.4 is 16.4 Å². The molecule has 0 saturated heterocycles. The number of furan rings is 1. The van der Waals surface area contributed by atoms with E-state index >= 15 is 0 Å². The van der Waals surface area contributed by atoms with Gasteiger partial charge in [0.15, 0.2) is 17.4 Å². The average molecular weight is 431 g/mol. The molecule has 10 heteroatoms. The fraction of sp³-hybridized carbons (Fsp3) is 0.222. The zero-order chi connectivity index (χ0) is 20.8. The molecule has 0 bridgehead atoms. The summed E-state index contributed by atoms with van der Waals surface area (Å²) < 4.78 is 31.7. The molecular formula is C18H18Cl2F2N4O2. The van der Waals surface area contributed by atoms with Gasteiger partial charge < -0.3 is 26.2 Å². The minimum atomic E-state index is -0.975. The first-order valence-corrected chi connectivity index (χ1v) is 8.88. The van der Waals surface area contributed by atoms with Crippen molar-refractivity contribution in [1.82, 2.24) is 10.6 Å². The number of hydrogen-bond acceptors (Lipinski definition) is 5. The van der Waals surface area contributed by atoms with E-state index in [2.05, 4.69) is 10.6 Å². The molecule has 1 amide bonds. The van der Waals surface area contributed by atoms with Gasteiger partial charge in [-0.2, -0.15) is 0 Å². The van der Waals surface area contributed by atoms with Crippen LogP contribution in [0.4, 0.5) is 8.78 Å². The zero-order valence-electron chi connectivity index (χ0n) is 14.8. The summed E-state index contributed by atoms with van der Waals surface area (Å²) in [5.74, 6) is -2.61. The summed E-state index contributed by atoms with van der Waals surface area (Å²) in [6, 6.07) is 4.31. The van der Waals surface area contributed by atoms with Crippen LogP contribution >= 0.6 is 23.2 Å². The molecule has 0 unspecified atom stereocenters. The van der Waals surface area contributed by atoms with E-state index < -0.39 is 23.6 Å². The van der Waals surface area contributed by atoms with Crippen LogP contribution in [0.1, 0.15) is 21.7 Å². The van der Waals surface area contributed by atoms with Gasteiger partial charge in [-0.3, -0.25) is 4.79 Å². The van der Waals surface area contributed by atoms with E-state index in [1.54, 1.807) is 7.05 Å². The number of halogens is 4. The van der Waals surface area contributed by atoms with E-state index in [-0.39, 0.29) is 29.0 Å². The van der Waals surface area contributed by atoms with Gasteiger partial charge in [-0.25, -0.2) is 8.78 Å². The smallest absolute Gasteiger partial charge is 0.287 e. The third kappa shape index (κ3) is 5.09. The normalized spacial score (nSPS) is 12.9. The monoisotopic (exact) mass is 430 g/mol. The predicted octanol–water partition coefficient (Wildman–Crippen LogP) is 3.29. The number of hydrogen-bond donors (Lipinski definition) is 4. The third-order valence-electron chi connectivity index (χ3n) is 3.88. The van der Waals surface area contributed by atoms with Gasteiger partial charge in [0.25, 0.3) is 5.91 Å². The van der Waals surface area contributed by atoms with Crippen molar-refractivity contribution in [3.8, 4) is 0 Å². The fourth-order valence-corrected chi connectivity index (χ4v) is 2.94. The highest BCUT2D eigenvalue weighted by molar-refractivity contribution is 6.42. The maximum Gasteiger partial charge on any atom is 0.287 e. The Morgan fingerprint density at radius 2 is 2.07 bits per heavy atom. The highest BCUT2D eigenvalue weighted by Gasteiger charge is 2.21. The molecule has 2 rings (SSSR count). The van der Waals surface area contributed by atoms with Crippen LogP contribution in [0, 0.1) is 17.0 Å². The number of amides is 1. The fourth-order valence-electron chi connectivity index (χ4n) is 2.51. The molecule has 0 aliphatic carbocycles. The van der Waals surface area contributed by atoms with Gasteiger partial charge in [0.2, 0.25) is 5.22 Å². The molecular weight excluding hydrogens is 413 g/mol. The first-order valence-electron chi connectivity index (χ1n) is 8.13. The standard InChI is InChI=1S/C18H18Cl2F2N4O2/c1-25-16(12(19)8-24)11-6-15(28-17(11)20)18(27)26-10(7-23)4-9-2-3-13(21)14(22)5-9/h2-3,5-6,8,10,24-25H,4,7,23H2,1H3,(H,26,27)/b16-12+,24-8?/t10-/m0/s1. The van der Waals surface area contributed by atoms with E-state index in [0.29, 0.717) is 16.8 Å². The first-order chi connectivity index (χ1) is 13.3. The largest absolute Gasteiger partial charge is 0.439 e. The molecule has 6 nitrogen and oxygen atoms in total. The predicted molar refractivity (Wildman–Crippen MR) is 105 cm³/mol. The molecule has 2 aromatic rings. The maximum absolute atomic E-state index is 13.4. The topological polar surface area (TPSA) is 104 Å². The molecule has 1 atom stereocenters. The number of carbonyl (C=O) groups is 1. The Morgan fingerprint density at radius 3 is 2.64 bits per heavy atom. The number of nitrogens with two attached hydrogens (primary N) is 1. The number of benzene rings is 1. The summed E-state index contributed by atoms with van der Waals surface area (Å²) >= 11 is 12.0. The van der Waals surface area contributed by atoms with E-state index in [1.165, 1.54) is 12.1 Å². The maximum atomic E-state index is 13.4. The second kappa shape index (κ2) is 9.68. The third-order valence-corrected chi connectivity index (χ3v) is 4.46. The summed E-state index contributed by atoms with van der Waals surface area (Å²) in [6.45, 7) is 0.0628. The van der Waals surface area contributed by atoms with Crippen molar-refractivity contribution >= 4 is 41.0 Å². The Labute approximate surface area is 170 Å². The molecule has 150 valence electrons. The molecule has 0 spiro atoms. The van der Waals surface area contributed by atoms with Gasteiger partial charge in [-0.05, 0) is 35.7 Å². The Bertz CT molecular complexity index is 915. The Morgan fingerprint density at radius 1 is 1.36 bits per heavy atom. The van der Waals surface area contributed by atoms with Crippen molar-refractivity contribution in [2.45, 2.75) is 12.5 Å². The lowest BCUT2D eigenvalue weighted by molar-refractivity contribution is 0.0910. The highest BCUT2D eigenvalue weighted by Crippen LogP contribution is 2.29. The van der Waals surface area contributed by atoms with Gasteiger partial charge in [0.05, 0.1) is 16.3 Å². The van der Waals surface area contributed by atoms with Crippen LogP contribution in [0.5, 0.6) is 0 Å². The van der Waals surface area contributed by atoms with Gasteiger partial charge in [-0.1, -0.05) is 17.7 Å². The molecule has 0 aliphatic rings. The summed E-state index contributed by atoms with van der Waals surface area (Å²) in [5.41, 5.74) is 6.79. The zero-order valence-corrected chi connectivity index (χ0v) is 16.3. The van der Waals surface area contributed by atoms with Crippen LogP contribution in [0.2, 0.25) is 5.22 Å². The summed E-state index contributed by atoms with van der Waals surface area (Å²) in [4.78, 5) is 12.5. The Balaban J connectivity index is 2.18. The molecule has 0 aliphatic heterocycles. The second-order valence-electron chi connectivity index (χ2n) is 5.77. The van der Waals surface area contributed by atoms with E-state index in [0.717, 1.165) is 18.3 Å². The summed E-state index contributed by atoms with van der Waals surface area (Å²) in [5, 5.41) is 12.7. The van der Waals surface area contributed by atoms with Gasteiger partial charge in [0.1, 0.15) is 0 Å². The van der Waals surface area contributed by atoms with E-state index in [4.69, 9.17) is 38.8 Å². The Hall–Kier alpha value is -2.42. The SMILES string of the molecule is CN/C(=C(/Cl)C=N)c1cc(C(=O)N[C@H](CN)Cc2ccc(F)c(F)c2)oc1Cl. The average Bonchev–Trinajstić information content (AvgIpc) is 3.06. The lowest BCUT2D eigenvalue weighted by atomic mass is 10.1. The van der Waals surface area contributed by atoms with E-state index in [1.807, 2.05) is 0 Å². The molecule has 1 heterocycles. The van der Waals surface area contributed by atoms with E-state index in [9.17, 15) is 13.6 Å². The minimum Gasteiger partial charge on any atom is -0.439 e. The molecule has 0 radical (unpaired) electrons. The Kier molecular flexibility index (Phi) is 7.56. The molecule has 5 N–H and O–H groups in total. The van der Waals surface area contributed by atoms with Gasteiger partial charge >= 0.3 is 0 Å². The van der Waals surface area contributed by atoms with Crippen LogP contribution in [0.15, 0.2) is 33.7 Å². The molecule has 0 fully saturated rings. The van der Waals surface area contributed by atoms with Gasteiger partial charge in [-0.15, -0.1) is 0 Å². The van der Waals surface area contributed by atoms with Crippen LogP contribution in [-0.4, -0.2) is 31.8 Å². The van der Waals surface area contributed by atoms with Crippen LogP contribution in [0.25, 0.3) is 5.70 Å². The van der Waals surface area contributed by atoms with Crippen molar-refractivity contribution in [2.75, 3.05) is 13.6 Å². The van der Waals surface area contributed by atoms with Crippen LogP contribution in [0.3, 0.4) is 0 Å². The van der Waals surface area contributed by atoms with Crippen LogP contribution in [-0.2, 0) is 6.42 Å². The first kappa shape index (κ1) is 21.9. The number of rotatable bonds is 8. The van der Waals surface area contributed by atoms with Crippen molar-refractivity contribution in [3.63, 3.8) is 0 Å². The van der Waals surface area contributed by atoms with Crippen molar-refractivity contribution in [2.24, 2.45) is 5.73 Å². The molecule has 1 aromatic carbocycles. The summed E-state index contributed by atoms with van der Waals surface area (Å²) in [7, 11) is 1.58. The lowest BCUT2D eigenvalue weighted by Crippen LogP contribution is -2.41. The van der Waals surface area contributed by atoms with Crippen molar-refractivity contribution in [3.05, 3.63) is 63.0 Å². The number of nitrogens with one attached hydrogen (secondary N) is 3. The molecule has 28 heavy (non-hydrogen) atoms. The number of allylic oxidation sites excluding steroid dienone is 1.